The van der Waals surface area contributed by atoms with Crippen LogP contribution < -0.4 is 5.32 Å². The molecule has 3 rings (SSSR count). The summed E-state index contributed by atoms with van der Waals surface area (Å²) in [7, 11) is 0. The molecule has 0 aliphatic carbocycles. The molecule has 0 aliphatic heterocycles. The highest BCUT2D eigenvalue weighted by atomic mass is 35.5. The summed E-state index contributed by atoms with van der Waals surface area (Å²) in [5.74, 6) is 0.886. The van der Waals surface area contributed by atoms with Crippen LogP contribution in [0.15, 0.2) is 73.8 Å². The van der Waals surface area contributed by atoms with Crippen molar-refractivity contribution in [1.82, 2.24) is 19.8 Å². The van der Waals surface area contributed by atoms with E-state index in [0.29, 0.717) is 24.7 Å². The van der Waals surface area contributed by atoms with E-state index in [0.717, 1.165) is 48.1 Å². The number of unbranched alkanes of at least 4 members (excludes halogenated alkanes) is 2. The second-order valence-electron chi connectivity index (χ2n) is 8.41. The zero-order chi connectivity index (χ0) is 25.0. The Morgan fingerprint density at radius 1 is 1.00 bits per heavy atom. The van der Waals surface area contributed by atoms with Gasteiger partial charge in [-0.25, -0.2) is 4.98 Å². The molecule has 2 aromatic carbocycles. The van der Waals surface area contributed by atoms with Crippen molar-refractivity contribution in [3.05, 3.63) is 90.3 Å². The predicted molar refractivity (Wildman–Crippen MR) is 142 cm³/mol. The molecule has 0 saturated carbocycles. The first-order chi connectivity index (χ1) is 17.0. The lowest BCUT2D eigenvalue weighted by Crippen LogP contribution is -2.34. The fraction of sp³-hybridized carbons (Fsp3) is 0.321. The molecule has 1 aromatic heterocycles. The van der Waals surface area contributed by atoms with Crippen LogP contribution in [0.25, 0.3) is 11.0 Å². The van der Waals surface area contributed by atoms with E-state index in [1.54, 1.807) is 23.1 Å². The van der Waals surface area contributed by atoms with E-state index in [-0.39, 0.29) is 24.8 Å². The first-order valence-electron chi connectivity index (χ1n) is 12.0. The summed E-state index contributed by atoms with van der Waals surface area (Å²) in [6, 6.07) is 15.3. The summed E-state index contributed by atoms with van der Waals surface area (Å²) in [5, 5.41) is 3.58. The lowest BCUT2D eigenvalue weighted by atomic mass is 10.1. The highest BCUT2D eigenvalue weighted by Gasteiger charge is 2.17. The van der Waals surface area contributed by atoms with Gasteiger partial charge in [-0.05, 0) is 36.6 Å². The Labute approximate surface area is 212 Å². The molecule has 0 aliphatic rings. The summed E-state index contributed by atoms with van der Waals surface area (Å²) >= 11 is 6.13. The van der Waals surface area contributed by atoms with Gasteiger partial charge in [-0.3, -0.25) is 9.59 Å². The van der Waals surface area contributed by atoms with Crippen LogP contribution >= 0.6 is 11.6 Å². The molecule has 0 atom stereocenters. The Hall–Kier alpha value is -3.38. The quantitative estimate of drug-likeness (QED) is 0.255. The Morgan fingerprint density at radius 2 is 1.71 bits per heavy atom. The van der Waals surface area contributed by atoms with Crippen LogP contribution in [0, 0.1) is 0 Å². The SMILES string of the molecule is C=CCN(CC=C)C(=O)Cn1c(CCCCCNC(=O)Cc2ccccc2Cl)nc2ccccc21. The van der Waals surface area contributed by atoms with Crippen LogP contribution in [0.3, 0.4) is 0 Å². The summed E-state index contributed by atoms with van der Waals surface area (Å²) in [5.41, 5.74) is 2.68. The molecule has 1 N–H and O–H groups in total. The van der Waals surface area contributed by atoms with Gasteiger partial charge in [-0.2, -0.15) is 0 Å². The molecule has 0 fully saturated rings. The Balaban J connectivity index is 1.52. The van der Waals surface area contributed by atoms with Crippen molar-refractivity contribution >= 4 is 34.4 Å². The standard InChI is InChI=1S/C28H33ClN4O2/c1-3-18-32(19-4-2)28(35)21-33-25-15-10-9-14-24(25)31-26(33)16-6-5-11-17-30-27(34)20-22-12-7-8-13-23(22)29/h3-4,7-10,12-15H,1-2,5-6,11,16-21H2,(H,30,34). The normalized spacial score (nSPS) is 10.8. The predicted octanol–water partition coefficient (Wildman–Crippen LogP) is 4.96. The lowest BCUT2D eigenvalue weighted by molar-refractivity contribution is -0.130. The van der Waals surface area contributed by atoms with Crippen LogP contribution in [0.1, 0.15) is 30.7 Å². The number of fused-ring (bicyclic) bond motifs is 1. The number of halogens is 1. The number of nitrogens with zero attached hydrogens (tertiary/aromatic N) is 3. The van der Waals surface area contributed by atoms with Gasteiger partial charge in [0.05, 0.1) is 17.5 Å². The summed E-state index contributed by atoms with van der Waals surface area (Å²) in [4.78, 5) is 31.6. The number of rotatable bonds is 14. The number of para-hydroxylation sites is 2. The van der Waals surface area contributed by atoms with Gasteiger partial charge in [0.2, 0.25) is 11.8 Å². The third kappa shape index (κ3) is 7.55. The van der Waals surface area contributed by atoms with Crippen molar-refractivity contribution in [2.24, 2.45) is 0 Å². The monoisotopic (exact) mass is 492 g/mol. The minimum Gasteiger partial charge on any atom is -0.356 e. The lowest BCUT2D eigenvalue weighted by Gasteiger charge is -2.20. The molecule has 1 heterocycles. The zero-order valence-electron chi connectivity index (χ0n) is 20.1. The van der Waals surface area contributed by atoms with Crippen molar-refractivity contribution < 1.29 is 9.59 Å². The number of nitrogens with one attached hydrogen (secondary N) is 1. The van der Waals surface area contributed by atoms with Gasteiger partial charge in [0.1, 0.15) is 12.4 Å². The second kappa shape index (κ2) is 13.5. The van der Waals surface area contributed by atoms with Crippen molar-refractivity contribution in [3.8, 4) is 0 Å². The fourth-order valence-corrected chi connectivity index (χ4v) is 4.21. The topological polar surface area (TPSA) is 67.2 Å². The van der Waals surface area contributed by atoms with E-state index in [1.165, 1.54) is 0 Å². The van der Waals surface area contributed by atoms with Crippen LogP contribution in [-0.4, -0.2) is 45.9 Å². The number of imidazole rings is 1. The van der Waals surface area contributed by atoms with Crippen molar-refractivity contribution in [3.63, 3.8) is 0 Å². The first kappa shape index (κ1) is 26.2. The van der Waals surface area contributed by atoms with E-state index >= 15 is 0 Å². The molecule has 0 radical (unpaired) electrons. The van der Waals surface area contributed by atoms with Crippen LogP contribution in [0.5, 0.6) is 0 Å². The van der Waals surface area contributed by atoms with E-state index in [1.807, 2.05) is 47.0 Å². The Kier molecular flexibility index (Phi) is 10.1. The van der Waals surface area contributed by atoms with Crippen molar-refractivity contribution in [2.75, 3.05) is 19.6 Å². The fourth-order valence-electron chi connectivity index (χ4n) is 4.01. The Morgan fingerprint density at radius 3 is 2.46 bits per heavy atom. The smallest absolute Gasteiger partial charge is 0.243 e. The average Bonchev–Trinajstić information content (AvgIpc) is 3.19. The zero-order valence-corrected chi connectivity index (χ0v) is 20.8. The third-order valence-corrected chi connectivity index (χ3v) is 6.16. The second-order valence-corrected chi connectivity index (χ2v) is 8.81. The summed E-state index contributed by atoms with van der Waals surface area (Å²) in [6.45, 7) is 9.32. The van der Waals surface area contributed by atoms with Gasteiger partial charge >= 0.3 is 0 Å². The molecule has 7 heteroatoms. The van der Waals surface area contributed by atoms with Gasteiger partial charge in [0.15, 0.2) is 0 Å². The minimum absolute atomic E-state index is 0.00966. The number of hydrogen-bond acceptors (Lipinski definition) is 3. The number of carbonyl (C=O) groups is 2. The van der Waals surface area contributed by atoms with Crippen molar-refractivity contribution in [2.45, 2.75) is 38.6 Å². The molecule has 0 unspecified atom stereocenters. The summed E-state index contributed by atoms with van der Waals surface area (Å²) in [6.07, 6.45) is 7.23. The molecule has 35 heavy (non-hydrogen) atoms. The number of benzene rings is 2. The van der Waals surface area contributed by atoms with Crippen LogP contribution in [-0.2, 0) is 29.0 Å². The number of hydrogen-bond donors (Lipinski definition) is 1. The van der Waals surface area contributed by atoms with Gasteiger partial charge in [0, 0.05) is 31.1 Å². The molecule has 6 nitrogen and oxygen atoms in total. The summed E-state index contributed by atoms with van der Waals surface area (Å²) < 4.78 is 2.02. The number of aryl methyl sites for hydroxylation is 1. The van der Waals surface area contributed by atoms with Crippen LogP contribution in [0.4, 0.5) is 0 Å². The molecule has 2 amide bonds. The van der Waals surface area contributed by atoms with Gasteiger partial charge in [-0.1, -0.05) is 60.5 Å². The number of aromatic nitrogens is 2. The highest BCUT2D eigenvalue weighted by molar-refractivity contribution is 6.31. The van der Waals surface area contributed by atoms with E-state index < -0.39 is 0 Å². The highest BCUT2D eigenvalue weighted by Crippen LogP contribution is 2.19. The molecular formula is C28H33ClN4O2. The third-order valence-electron chi connectivity index (χ3n) is 5.79. The average molecular weight is 493 g/mol. The molecule has 3 aromatic rings. The van der Waals surface area contributed by atoms with Gasteiger partial charge < -0.3 is 14.8 Å². The molecule has 0 bridgehead atoms. The maximum absolute atomic E-state index is 13.0. The number of amides is 2. The van der Waals surface area contributed by atoms with Crippen molar-refractivity contribution in [1.29, 1.82) is 0 Å². The molecule has 184 valence electrons. The molecule has 0 spiro atoms. The minimum atomic E-state index is -0.0259. The molecular weight excluding hydrogens is 460 g/mol. The van der Waals surface area contributed by atoms with Gasteiger partial charge in [0.25, 0.3) is 0 Å². The largest absolute Gasteiger partial charge is 0.356 e. The first-order valence-corrected chi connectivity index (χ1v) is 12.3. The van der Waals surface area contributed by atoms with Gasteiger partial charge in [-0.15, -0.1) is 13.2 Å². The maximum atomic E-state index is 13.0. The maximum Gasteiger partial charge on any atom is 0.243 e. The number of carbonyl (C=O) groups excluding carboxylic acids is 2. The van der Waals surface area contributed by atoms with E-state index in [4.69, 9.17) is 16.6 Å². The van der Waals surface area contributed by atoms with Crippen LogP contribution in [0.2, 0.25) is 5.02 Å². The Bertz CT molecular complexity index is 1160. The van der Waals surface area contributed by atoms with E-state index in [9.17, 15) is 9.59 Å². The molecule has 0 saturated heterocycles. The van der Waals surface area contributed by atoms with E-state index in [2.05, 4.69) is 18.5 Å².